The van der Waals surface area contributed by atoms with Crippen molar-refractivity contribution in [2.24, 2.45) is 0 Å². The largest absolute Gasteiger partial charge is 0.350 e. The third-order valence-corrected chi connectivity index (χ3v) is 4.63. The minimum atomic E-state index is -0.333. The maximum absolute atomic E-state index is 12.5. The van der Waals surface area contributed by atoms with Crippen LogP contribution in [0.3, 0.4) is 0 Å². The standard InChI is InChI=1S/C22H20ClN3O2/c1-15-7-8-18(14-19(15)23)26-21(27)17-10-12-24-20(13-17)22(28)25-11-9-16-5-3-2-4-6-16/h2-8,10,12-14H,9,11H2,1H3,(H,25,28)(H,26,27). The van der Waals surface area contributed by atoms with Crippen molar-refractivity contribution in [2.45, 2.75) is 13.3 Å². The normalized spacial score (nSPS) is 10.4. The number of benzene rings is 2. The first kappa shape index (κ1) is 19.6. The van der Waals surface area contributed by atoms with Gasteiger partial charge in [0.2, 0.25) is 0 Å². The fourth-order valence-electron chi connectivity index (χ4n) is 2.63. The van der Waals surface area contributed by atoms with Gasteiger partial charge in [-0.3, -0.25) is 14.6 Å². The molecule has 2 aromatic carbocycles. The smallest absolute Gasteiger partial charge is 0.269 e. The Morgan fingerprint density at radius 3 is 2.54 bits per heavy atom. The van der Waals surface area contributed by atoms with Gasteiger partial charge >= 0.3 is 0 Å². The Balaban J connectivity index is 1.61. The van der Waals surface area contributed by atoms with Crippen LogP contribution in [0.15, 0.2) is 66.9 Å². The predicted molar refractivity (Wildman–Crippen MR) is 111 cm³/mol. The van der Waals surface area contributed by atoms with Crippen molar-refractivity contribution in [3.05, 3.63) is 94.3 Å². The molecule has 0 aliphatic rings. The van der Waals surface area contributed by atoms with Gasteiger partial charge in [0, 0.05) is 29.0 Å². The summed E-state index contributed by atoms with van der Waals surface area (Å²) in [5.74, 6) is -0.649. The van der Waals surface area contributed by atoms with E-state index in [-0.39, 0.29) is 17.5 Å². The number of carbonyl (C=O) groups is 2. The van der Waals surface area contributed by atoms with Crippen molar-refractivity contribution < 1.29 is 9.59 Å². The lowest BCUT2D eigenvalue weighted by atomic mass is 10.1. The molecule has 0 spiro atoms. The number of pyridine rings is 1. The zero-order valence-electron chi connectivity index (χ0n) is 15.4. The van der Waals surface area contributed by atoms with Gasteiger partial charge in [-0.25, -0.2) is 0 Å². The second kappa shape index (κ2) is 9.15. The van der Waals surface area contributed by atoms with Crippen molar-refractivity contribution in [1.29, 1.82) is 0 Å². The zero-order valence-corrected chi connectivity index (χ0v) is 16.2. The summed E-state index contributed by atoms with van der Waals surface area (Å²) in [6.45, 7) is 2.38. The summed E-state index contributed by atoms with van der Waals surface area (Å²) in [6.07, 6.45) is 2.17. The van der Waals surface area contributed by atoms with Crippen molar-refractivity contribution >= 4 is 29.1 Å². The number of anilines is 1. The van der Waals surface area contributed by atoms with Gasteiger partial charge in [0.25, 0.3) is 11.8 Å². The molecule has 28 heavy (non-hydrogen) atoms. The van der Waals surface area contributed by atoms with Crippen molar-refractivity contribution in [3.8, 4) is 0 Å². The molecule has 3 aromatic rings. The van der Waals surface area contributed by atoms with E-state index in [9.17, 15) is 9.59 Å². The van der Waals surface area contributed by atoms with Gasteiger partial charge in [-0.1, -0.05) is 48.0 Å². The van der Waals surface area contributed by atoms with Crippen LogP contribution in [-0.4, -0.2) is 23.3 Å². The number of aromatic nitrogens is 1. The molecule has 2 N–H and O–H groups in total. The molecule has 1 heterocycles. The lowest BCUT2D eigenvalue weighted by Crippen LogP contribution is -2.27. The average Bonchev–Trinajstić information content (AvgIpc) is 2.71. The number of amides is 2. The second-order valence-corrected chi connectivity index (χ2v) is 6.75. The third-order valence-electron chi connectivity index (χ3n) is 4.23. The zero-order chi connectivity index (χ0) is 19.9. The fraction of sp³-hybridized carbons (Fsp3) is 0.136. The van der Waals surface area contributed by atoms with E-state index in [0.717, 1.165) is 17.5 Å². The van der Waals surface area contributed by atoms with Crippen LogP contribution >= 0.6 is 11.6 Å². The molecule has 0 saturated heterocycles. The van der Waals surface area contributed by atoms with Crippen LogP contribution in [0.5, 0.6) is 0 Å². The highest BCUT2D eigenvalue weighted by atomic mass is 35.5. The number of halogens is 1. The lowest BCUT2D eigenvalue weighted by molar-refractivity contribution is 0.0949. The summed E-state index contributed by atoms with van der Waals surface area (Å²) in [5.41, 5.74) is 3.20. The van der Waals surface area contributed by atoms with Crippen LogP contribution in [0.1, 0.15) is 32.0 Å². The Hall–Kier alpha value is -3.18. The molecule has 0 saturated carbocycles. The quantitative estimate of drug-likeness (QED) is 0.657. The minimum absolute atomic E-state index is 0.197. The summed E-state index contributed by atoms with van der Waals surface area (Å²) in [6, 6.07) is 18.2. The van der Waals surface area contributed by atoms with E-state index in [0.29, 0.717) is 22.8 Å². The minimum Gasteiger partial charge on any atom is -0.350 e. The topological polar surface area (TPSA) is 71.1 Å². The van der Waals surface area contributed by atoms with Crippen LogP contribution < -0.4 is 10.6 Å². The third kappa shape index (κ3) is 5.18. The van der Waals surface area contributed by atoms with Gasteiger partial charge in [-0.2, -0.15) is 0 Å². The van der Waals surface area contributed by atoms with Crippen molar-refractivity contribution in [3.63, 3.8) is 0 Å². The number of nitrogens with one attached hydrogen (secondary N) is 2. The Morgan fingerprint density at radius 1 is 1.00 bits per heavy atom. The molecule has 142 valence electrons. The maximum atomic E-state index is 12.5. The summed E-state index contributed by atoms with van der Waals surface area (Å²) in [5, 5.41) is 6.18. The first-order chi connectivity index (χ1) is 13.5. The first-order valence-electron chi connectivity index (χ1n) is 8.88. The van der Waals surface area contributed by atoms with Crippen LogP contribution in [0.25, 0.3) is 0 Å². The molecule has 0 aliphatic carbocycles. The summed E-state index contributed by atoms with van der Waals surface area (Å²) >= 11 is 6.09. The fourth-order valence-corrected chi connectivity index (χ4v) is 2.81. The molecular weight excluding hydrogens is 374 g/mol. The van der Waals surface area contributed by atoms with Gasteiger partial charge in [-0.05, 0) is 48.7 Å². The van der Waals surface area contributed by atoms with E-state index in [1.807, 2.05) is 43.3 Å². The van der Waals surface area contributed by atoms with Crippen LogP contribution in [-0.2, 0) is 6.42 Å². The van der Waals surface area contributed by atoms with Gasteiger partial charge in [0.1, 0.15) is 5.69 Å². The van der Waals surface area contributed by atoms with E-state index in [1.165, 1.54) is 12.3 Å². The van der Waals surface area contributed by atoms with Crippen molar-refractivity contribution in [1.82, 2.24) is 10.3 Å². The van der Waals surface area contributed by atoms with E-state index in [2.05, 4.69) is 15.6 Å². The maximum Gasteiger partial charge on any atom is 0.269 e. The SMILES string of the molecule is Cc1ccc(NC(=O)c2ccnc(C(=O)NCCc3ccccc3)c2)cc1Cl. The summed E-state index contributed by atoms with van der Waals surface area (Å²) < 4.78 is 0. The highest BCUT2D eigenvalue weighted by Crippen LogP contribution is 2.20. The molecule has 0 bridgehead atoms. The second-order valence-electron chi connectivity index (χ2n) is 6.34. The Labute approximate surface area is 168 Å². The van der Waals surface area contributed by atoms with Gasteiger partial charge < -0.3 is 10.6 Å². The number of hydrogen-bond donors (Lipinski definition) is 2. The van der Waals surface area contributed by atoms with E-state index >= 15 is 0 Å². The number of hydrogen-bond acceptors (Lipinski definition) is 3. The van der Waals surface area contributed by atoms with Gasteiger partial charge in [0.05, 0.1) is 0 Å². The molecule has 0 unspecified atom stereocenters. The predicted octanol–water partition coefficient (Wildman–Crippen LogP) is 4.27. The molecule has 0 radical (unpaired) electrons. The summed E-state index contributed by atoms with van der Waals surface area (Å²) in [4.78, 5) is 28.9. The molecule has 2 amide bonds. The lowest BCUT2D eigenvalue weighted by Gasteiger charge is -2.08. The molecule has 0 fully saturated rings. The monoisotopic (exact) mass is 393 g/mol. The summed E-state index contributed by atoms with van der Waals surface area (Å²) in [7, 11) is 0. The number of nitrogens with zero attached hydrogens (tertiary/aromatic N) is 1. The van der Waals surface area contributed by atoms with Crippen LogP contribution in [0, 0.1) is 6.92 Å². The average molecular weight is 394 g/mol. The molecule has 1 aromatic heterocycles. The number of carbonyl (C=O) groups excluding carboxylic acids is 2. The van der Waals surface area contributed by atoms with Crippen LogP contribution in [0.2, 0.25) is 5.02 Å². The number of aryl methyl sites for hydroxylation is 1. The molecule has 0 atom stereocenters. The Kier molecular flexibility index (Phi) is 6.40. The molecule has 6 heteroatoms. The first-order valence-corrected chi connectivity index (χ1v) is 9.26. The Morgan fingerprint density at radius 2 is 1.79 bits per heavy atom. The van der Waals surface area contributed by atoms with E-state index in [4.69, 9.17) is 11.6 Å². The molecule has 5 nitrogen and oxygen atoms in total. The van der Waals surface area contributed by atoms with Gasteiger partial charge in [-0.15, -0.1) is 0 Å². The molecule has 0 aliphatic heterocycles. The number of rotatable bonds is 6. The molecule has 3 rings (SSSR count). The van der Waals surface area contributed by atoms with Gasteiger partial charge in [0.15, 0.2) is 0 Å². The molecular formula is C22H20ClN3O2. The Bertz CT molecular complexity index is 990. The van der Waals surface area contributed by atoms with Crippen LogP contribution in [0.4, 0.5) is 5.69 Å². The highest BCUT2D eigenvalue weighted by molar-refractivity contribution is 6.31. The highest BCUT2D eigenvalue weighted by Gasteiger charge is 2.12. The van der Waals surface area contributed by atoms with E-state index < -0.39 is 0 Å². The van der Waals surface area contributed by atoms with Crippen molar-refractivity contribution in [2.75, 3.05) is 11.9 Å². The van der Waals surface area contributed by atoms with E-state index in [1.54, 1.807) is 18.2 Å².